The minimum absolute atomic E-state index is 0.263. The summed E-state index contributed by atoms with van der Waals surface area (Å²) in [7, 11) is 0. The van der Waals surface area contributed by atoms with E-state index in [1.165, 1.54) is 5.56 Å². The van der Waals surface area contributed by atoms with Crippen LogP contribution in [-0.4, -0.2) is 19.3 Å². The van der Waals surface area contributed by atoms with Gasteiger partial charge in [0.25, 0.3) is 0 Å². The molecule has 0 unspecified atom stereocenters. The summed E-state index contributed by atoms with van der Waals surface area (Å²) in [6, 6.07) is 10.4. The first kappa shape index (κ1) is 11.5. The third-order valence-electron chi connectivity index (χ3n) is 1.77. The standard InChI is InChI=1S/C11H15ClO2/c12-10-14-8-4-7-13-9-11-5-2-1-3-6-11/h1-3,5-6H,4,7-10H2. The van der Waals surface area contributed by atoms with Crippen molar-refractivity contribution in [3.8, 4) is 0 Å². The predicted octanol–water partition coefficient (Wildman–Crippen LogP) is 2.81. The van der Waals surface area contributed by atoms with Gasteiger partial charge >= 0.3 is 0 Å². The third kappa shape index (κ3) is 5.22. The van der Waals surface area contributed by atoms with Gasteiger partial charge in [0, 0.05) is 6.61 Å². The highest BCUT2D eigenvalue weighted by Gasteiger charge is 1.91. The largest absolute Gasteiger partial charge is 0.377 e. The van der Waals surface area contributed by atoms with Crippen molar-refractivity contribution in [3.63, 3.8) is 0 Å². The van der Waals surface area contributed by atoms with Crippen LogP contribution in [0.15, 0.2) is 30.3 Å². The number of alkyl halides is 1. The molecule has 0 radical (unpaired) electrons. The summed E-state index contributed by atoms with van der Waals surface area (Å²) in [6.07, 6.45) is 0.888. The van der Waals surface area contributed by atoms with E-state index in [0.717, 1.165) is 6.42 Å². The number of hydrogen-bond donors (Lipinski definition) is 0. The van der Waals surface area contributed by atoms with Crippen LogP contribution < -0.4 is 0 Å². The van der Waals surface area contributed by atoms with Gasteiger partial charge in [0.2, 0.25) is 0 Å². The summed E-state index contributed by atoms with van der Waals surface area (Å²) < 4.78 is 10.4. The predicted molar refractivity (Wildman–Crippen MR) is 57.4 cm³/mol. The fourth-order valence-electron chi connectivity index (χ4n) is 1.08. The topological polar surface area (TPSA) is 18.5 Å². The Morgan fingerprint density at radius 2 is 1.71 bits per heavy atom. The molecule has 0 saturated carbocycles. The summed E-state index contributed by atoms with van der Waals surface area (Å²) in [5.74, 6) is 0. The van der Waals surface area contributed by atoms with E-state index in [9.17, 15) is 0 Å². The van der Waals surface area contributed by atoms with Crippen molar-refractivity contribution in [1.29, 1.82) is 0 Å². The Balaban J connectivity index is 1.99. The van der Waals surface area contributed by atoms with Gasteiger partial charge in [-0.1, -0.05) is 41.9 Å². The molecule has 1 aromatic rings. The van der Waals surface area contributed by atoms with Crippen LogP contribution in [0.2, 0.25) is 0 Å². The van der Waals surface area contributed by atoms with Crippen molar-refractivity contribution in [2.75, 3.05) is 19.3 Å². The van der Waals surface area contributed by atoms with Gasteiger partial charge in [-0.2, -0.15) is 0 Å². The monoisotopic (exact) mass is 214 g/mol. The maximum Gasteiger partial charge on any atom is 0.120 e. The second-order valence-corrected chi connectivity index (χ2v) is 3.13. The van der Waals surface area contributed by atoms with E-state index in [2.05, 4.69) is 12.1 Å². The normalized spacial score (nSPS) is 10.4. The van der Waals surface area contributed by atoms with E-state index in [4.69, 9.17) is 21.1 Å². The van der Waals surface area contributed by atoms with Crippen LogP contribution in [0.25, 0.3) is 0 Å². The Labute approximate surface area is 89.8 Å². The zero-order valence-electron chi connectivity index (χ0n) is 8.12. The van der Waals surface area contributed by atoms with E-state index in [-0.39, 0.29) is 6.07 Å². The lowest BCUT2D eigenvalue weighted by Crippen LogP contribution is -2.00. The van der Waals surface area contributed by atoms with Crippen molar-refractivity contribution < 1.29 is 9.47 Å². The number of hydrogen-bond acceptors (Lipinski definition) is 2. The molecule has 0 amide bonds. The maximum absolute atomic E-state index is 5.44. The van der Waals surface area contributed by atoms with E-state index < -0.39 is 0 Å². The van der Waals surface area contributed by atoms with Crippen molar-refractivity contribution >= 4 is 11.6 Å². The molecule has 0 heterocycles. The first-order chi connectivity index (χ1) is 6.93. The molecular formula is C11H15ClO2. The van der Waals surface area contributed by atoms with Crippen LogP contribution in [-0.2, 0) is 16.1 Å². The number of ether oxygens (including phenoxy) is 2. The van der Waals surface area contributed by atoms with Gasteiger partial charge in [-0.05, 0) is 12.0 Å². The van der Waals surface area contributed by atoms with Crippen molar-refractivity contribution in [3.05, 3.63) is 35.9 Å². The zero-order chi connectivity index (χ0) is 10.1. The summed E-state index contributed by atoms with van der Waals surface area (Å²) in [5, 5.41) is 0. The molecule has 0 N–H and O–H groups in total. The van der Waals surface area contributed by atoms with Crippen molar-refractivity contribution in [1.82, 2.24) is 0 Å². The molecule has 0 saturated heterocycles. The van der Waals surface area contributed by atoms with Gasteiger partial charge in [-0.3, -0.25) is 0 Å². The molecule has 1 rings (SSSR count). The van der Waals surface area contributed by atoms with Crippen molar-refractivity contribution in [2.45, 2.75) is 13.0 Å². The smallest absolute Gasteiger partial charge is 0.120 e. The molecule has 0 atom stereocenters. The first-order valence-corrected chi connectivity index (χ1v) is 5.22. The van der Waals surface area contributed by atoms with Crippen molar-refractivity contribution in [2.24, 2.45) is 0 Å². The van der Waals surface area contributed by atoms with Crippen LogP contribution in [0, 0.1) is 0 Å². The second-order valence-electron chi connectivity index (χ2n) is 2.91. The second kappa shape index (κ2) is 7.80. The van der Waals surface area contributed by atoms with Crippen LogP contribution in [0.5, 0.6) is 0 Å². The lowest BCUT2D eigenvalue weighted by molar-refractivity contribution is 0.0888. The van der Waals surface area contributed by atoms with Crippen LogP contribution in [0.3, 0.4) is 0 Å². The van der Waals surface area contributed by atoms with Crippen LogP contribution >= 0.6 is 11.6 Å². The van der Waals surface area contributed by atoms with E-state index in [1.807, 2.05) is 18.2 Å². The summed E-state index contributed by atoms with van der Waals surface area (Å²) >= 11 is 5.35. The lowest BCUT2D eigenvalue weighted by Gasteiger charge is -2.03. The average Bonchev–Trinajstić information content (AvgIpc) is 2.25. The lowest BCUT2D eigenvalue weighted by atomic mass is 10.2. The minimum atomic E-state index is 0.263. The minimum Gasteiger partial charge on any atom is -0.377 e. The summed E-state index contributed by atoms with van der Waals surface area (Å²) in [4.78, 5) is 0. The highest BCUT2D eigenvalue weighted by atomic mass is 35.5. The Kier molecular flexibility index (Phi) is 6.41. The zero-order valence-corrected chi connectivity index (χ0v) is 8.87. The molecule has 0 aliphatic heterocycles. The molecular weight excluding hydrogens is 200 g/mol. The molecule has 3 heteroatoms. The van der Waals surface area contributed by atoms with E-state index in [0.29, 0.717) is 19.8 Å². The molecule has 78 valence electrons. The van der Waals surface area contributed by atoms with Gasteiger partial charge in [0.1, 0.15) is 6.07 Å². The van der Waals surface area contributed by atoms with Gasteiger partial charge in [-0.15, -0.1) is 0 Å². The molecule has 1 aromatic carbocycles. The van der Waals surface area contributed by atoms with Gasteiger partial charge in [-0.25, -0.2) is 0 Å². The number of benzene rings is 1. The quantitative estimate of drug-likeness (QED) is 0.513. The van der Waals surface area contributed by atoms with Crippen LogP contribution in [0.1, 0.15) is 12.0 Å². The SMILES string of the molecule is ClCOCCCOCc1ccccc1. The Morgan fingerprint density at radius 3 is 2.43 bits per heavy atom. The molecule has 0 bridgehead atoms. The summed E-state index contributed by atoms with van der Waals surface area (Å²) in [6.45, 7) is 2.05. The molecule has 0 fully saturated rings. The van der Waals surface area contributed by atoms with E-state index in [1.54, 1.807) is 0 Å². The summed E-state index contributed by atoms with van der Waals surface area (Å²) in [5.41, 5.74) is 1.20. The Morgan fingerprint density at radius 1 is 1.00 bits per heavy atom. The third-order valence-corrected chi connectivity index (χ3v) is 1.92. The number of rotatable bonds is 7. The van der Waals surface area contributed by atoms with Gasteiger partial charge in [0.05, 0.1) is 13.2 Å². The van der Waals surface area contributed by atoms with Gasteiger partial charge < -0.3 is 9.47 Å². The molecule has 0 spiro atoms. The molecule has 0 aromatic heterocycles. The first-order valence-electron chi connectivity index (χ1n) is 4.69. The Bertz CT molecular complexity index is 226. The fourth-order valence-corrected chi connectivity index (χ4v) is 1.19. The molecule has 14 heavy (non-hydrogen) atoms. The highest BCUT2D eigenvalue weighted by Crippen LogP contribution is 2.00. The molecule has 2 nitrogen and oxygen atoms in total. The van der Waals surface area contributed by atoms with E-state index >= 15 is 0 Å². The van der Waals surface area contributed by atoms with Crippen LogP contribution in [0.4, 0.5) is 0 Å². The highest BCUT2D eigenvalue weighted by molar-refractivity contribution is 6.17. The van der Waals surface area contributed by atoms with Gasteiger partial charge in [0.15, 0.2) is 0 Å². The fraction of sp³-hybridized carbons (Fsp3) is 0.455. The maximum atomic E-state index is 5.44. The Hall–Kier alpha value is -0.570. The number of halogens is 1. The average molecular weight is 215 g/mol. The molecule has 0 aliphatic rings. The molecule has 0 aliphatic carbocycles.